The molecule has 0 unspecified atom stereocenters. The number of benzene rings is 2. The van der Waals surface area contributed by atoms with Crippen LogP contribution in [-0.4, -0.2) is 35.7 Å². The molecule has 0 saturated heterocycles. The zero-order valence-corrected chi connectivity index (χ0v) is 21.5. The van der Waals surface area contributed by atoms with E-state index < -0.39 is 48.8 Å². The monoisotopic (exact) mass is 527 g/mol. The molecule has 1 fully saturated rings. The maximum Gasteiger partial charge on any atom is 0.389 e. The Bertz CT molecular complexity index is 1270. The standard InChI is InChI=1S/C29H32F3N3O3/c1-16-5-3-7-19(13-16)25-20-8-4-6-17(2)22(20)15-24(36)27(34-25)35-28(38)21(11-12-29(30,31)32)23(26(33)37)14-18-9-10-18/h3-8,13,18,21,23,27H,9-12,14-15H2,1-2H3,(H2,33,37)(H,35,38)/t21-,23+,27-/m1/s1. The highest BCUT2D eigenvalue weighted by atomic mass is 19.4. The number of nitrogens with one attached hydrogen (secondary N) is 1. The third-order valence-corrected chi connectivity index (χ3v) is 7.36. The normalized spacial score (nSPS) is 19.1. The molecule has 1 aliphatic carbocycles. The van der Waals surface area contributed by atoms with E-state index in [0.29, 0.717) is 5.71 Å². The lowest BCUT2D eigenvalue weighted by molar-refractivity contribution is -0.146. The predicted molar refractivity (Wildman–Crippen MR) is 137 cm³/mol. The van der Waals surface area contributed by atoms with Crippen molar-refractivity contribution in [2.24, 2.45) is 28.5 Å². The summed E-state index contributed by atoms with van der Waals surface area (Å²) < 4.78 is 39.4. The Kier molecular flexibility index (Phi) is 8.04. The Morgan fingerprint density at radius 2 is 1.82 bits per heavy atom. The average molecular weight is 528 g/mol. The van der Waals surface area contributed by atoms with Crippen LogP contribution in [0.5, 0.6) is 0 Å². The Morgan fingerprint density at radius 1 is 1.11 bits per heavy atom. The molecule has 0 spiro atoms. The second-order valence-corrected chi connectivity index (χ2v) is 10.5. The quantitative estimate of drug-likeness (QED) is 0.500. The number of nitrogens with two attached hydrogens (primary N) is 1. The number of carbonyl (C=O) groups excluding carboxylic acids is 3. The molecule has 2 aromatic rings. The molecule has 202 valence electrons. The fraction of sp³-hybridized carbons (Fsp3) is 0.448. The van der Waals surface area contributed by atoms with Gasteiger partial charge in [0.05, 0.1) is 5.71 Å². The second kappa shape index (κ2) is 11.1. The number of primary amides is 1. The van der Waals surface area contributed by atoms with E-state index in [2.05, 4.69) is 10.3 Å². The minimum Gasteiger partial charge on any atom is -0.369 e. The van der Waals surface area contributed by atoms with Crippen molar-refractivity contribution in [3.05, 3.63) is 70.3 Å². The van der Waals surface area contributed by atoms with Crippen LogP contribution in [0.25, 0.3) is 0 Å². The van der Waals surface area contributed by atoms with Crippen LogP contribution in [-0.2, 0) is 20.8 Å². The number of ketones is 1. The topological polar surface area (TPSA) is 102 Å². The number of aryl methyl sites for hydroxylation is 2. The molecule has 1 heterocycles. The fourth-order valence-electron chi connectivity index (χ4n) is 5.10. The number of alkyl halides is 3. The first-order valence-corrected chi connectivity index (χ1v) is 12.9. The van der Waals surface area contributed by atoms with Crippen LogP contribution in [0.3, 0.4) is 0 Å². The summed E-state index contributed by atoms with van der Waals surface area (Å²) in [6, 6.07) is 13.2. The molecule has 0 aromatic heterocycles. The van der Waals surface area contributed by atoms with Crippen molar-refractivity contribution in [3.8, 4) is 0 Å². The van der Waals surface area contributed by atoms with E-state index in [1.807, 2.05) is 56.3 Å². The summed E-state index contributed by atoms with van der Waals surface area (Å²) in [6.07, 6.45) is -5.70. The fourth-order valence-corrected chi connectivity index (χ4v) is 5.10. The van der Waals surface area contributed by atoms with E-state index in [4.69, 9.17) is 5.73 Å². The van der Waals surface area contributed by atoms with E-state index in [9.17, 15) is 27.6 Å². The summed E-state index contributed by atoms with van der Waals surface area (Å²) in [7, 11) is 0. The molecule has 2 aromatic carbocycles. The number of aliphatic imine (C=N–C) groups is 1. The van der Waals surface area contributed by atoms with E-state index in [1.54, 1.807) is 0 Å². The zero-order valence-electron chi connectivity index (χ0n) is 21.5. The molecule has 0 radical (unpaired) electrons. The van der Waals surface area contributed by atoms with Gasteiger partial charge in [-0.05, 0) is 49.8 Å². The zero-order chi connectivity index (χ0) is 27.6. The molecule has 2 amide bonds. The largest absolute Gasteiger partial charge is 0.389 e. The number of halogens is 3. The number of Topliss-reactive ketones (excluding diaryl/α,β-unsaturated/α-hetero) is 1. The van der Waals surface area contributed by atoms with E-state index in [0.717, 1.165) is 40.7 Å². The Labute approximate surface area is 219 Å². The average Bonchev–Trinajstić information content (AvgIpc) is 3.66. The summed E-state index contributed by atoms with van der Waals surface area (Å²) in [5, 5.41) is 2.59. The van der Waals surface area contributed by atoms with Gasteiger partial charge in [-0.1, -0.05) is 54.8 Å². The number of hydrogen-bond acceptors (Lipinski definition) is 4. The van der Waals surface area contributed by atoms with Gasteiger partial charge >= 0.3 is 6.18 Å². The smallest absolute Gasteiger partial charge is 0.369 e. The summed E-state index contributed by atoms with van der Waals surface area (Å²) in [6.45, 7) is 3.82. The summed E-state index contributed by atoms with van der Waals surface area (Å²) in [4.78, 5) is 43.7. The number of amides is 2. The van der Waals surface area contributed by atoms with Gasteiger partial charge in [0.2, 0.25) is 11.8 Å². The van der Waals surface area contributed by atoms with Crippen LogP contribution >= 0.6 is 0 Å². The Morgan fingerprint density at radius 3 is 2.45 bits per heavy atom. The van der Waals surface area contributed by atoms with Crippen molar-refractivity contribution in [1.82, 2.24) is 5.32 Å². The number of fused-ring (bicyclic) bond motifs is 1. The maximum atomic E-state index is 13.5. The Balaban J connectivity index is 1.69. The molecule has 1 aliphatic heterocycles. The van der Waals surface area contributed by atoms with Gasteiger partial charge in [0.1, 0.15) is 0 Å². The molecule has 4 rings (SSSR count). The molecule has 9 heteroatoms. The van der Waals surface area contributed by atoms with Crippen LogP contribution in [0.4, 0.5) is 13.2 Å². The van der Waals surface area contributed by atoms with Crippen LogP contribution in [0.15, 0.2) is 47.5 Å². The molecule has 2 aliphatic rings. The molecule has 6 nitrogen and oxygen atoms in total. The maximum absolute atomic E-state index is 13.5. The molecular weight excluding hydrogens is 495 g/mol. The molecule has 3 atom stereocenters. The number of nitrogens with zero attached hydrogens (tertiary/aromatic N) is 1. The van der Waals surface area contributed by atoms with Crippen LogP contribution in [0.2, 0.25) is 0 Å². The highest BCUT2D eigenvalue weighted by molar-refractivity contribution is 6.16. The van der Waals surface area contributed by atoms with Crippen LogP contribution < -0.4 is 11.1 Å². The lowest BCUT2D eigenvalue weighted by Gasteiger charge is -2.26. The van der Waals surface area contributed by atoms with Gasteiger partial charge < -0.3 is 11.1 Å². The van der Waals surface area contributed by atoms with Crippen LogP contribution in [0, 0.1) is 31.6 Å². The number of rotatable bonds is 9. The van der Waals surface area contributed by atoms with Crippen molar-refractivity contribution >= 4 is 23.3 Å². The first kappa shape index (κ1) is 27.5. The highest BCUT2D eigenvalue weighted by Gasteiger charge is 2.41. The number of hydrogen-bond donors (Lipinski definition) is 2. The summed E-state index contributed by atoms with van der Waals surface area (Å²) in [5.41, 5.74) is 10.3. The van der Waals surface area contributed by atoms with Gasteiger partial charge in [0, 0.05) is 35.8 Å². The first-order chi connectivity index (χ1) is 17.9. The number of carbonyl (C=O) groups is 3. The third kappa shape index (κ3) is 6.68. The minimum atomic E-state index is -4.51. The van der Waals surface area contributed by atoms with Gasteiger partial charge in [-0.2, -0.15) is 13.2 Å². The van der Waals surface area contributed by atoms with Crippen molar-refractivity contribution in [1.29, 1.82) is 0 Å². The van der Waals surface area contributed by atoms with E-state index in [1.165, 1.54) is 0 Å². The molecule has 1 saturated carbocycles. The molecule has 0 bridgehead atoms. The van der Waals surface area contributed by atoms with Gasteiger partial charge in [-0.3, -0.25) is 19.4 Å². The van der Waals surface area contributed by atoms with Crippen molar-refractivity contribution in [2.45, 2.75) is 64.7 Å². The lowest BCUT2D eigenvalue weighted by atomic mass is 9.83. The first-order valence-electron chi connectivity index (χ1n) is 12.9. The van der Waals surface area contributed by atoms with Crippen molar-refractivity contribution in [2.75, 3.05) is 0 Å². The van der Waals surface area contributed by atoms with Gasteiger partial charge in [-0.25, -0.2) is 0 Å². The molecular formula is C29H32F3N3O3. The van der Waals surface area contributed by atoms with E-state index >= 15 is 0 Å². The SMILES string of the molecule is Cc1cccc(C2=N[C@H](NC(=O)[C@H](CCC(F)(F)F)[C@H](CC3CC3)C(N)=O)C(=O)Cc3c(C)cccc32)c1. The second-order valence-electron chi connectivity index (χ2n) is 10.5. The summed E-state index contributed by atoms with van der Waals surface area (Å²) >= 11 is 0. The van der Waals surface area contributed by atoms with Gasteiger partial charge in [0.25, 0.3) is 0 Å². The van der Waals surface area contributed by atoms with Crippen molar-refractivity contribution in [3.63, 3.8) is 0 Å². The highest BCUT2D eigenvalue weighted by Crippen LogP contribution is 2.39. The molecule has 38 heavy (non-hydrogen) atoms. The minimum absolute atomic E-state index is 0.000306. The van der Waals surface area contributed by atoms with Crippen LogP contribution in [0.1, 0.15) is 59.9 Å². The van der Waals surface area contributed by atoms with Gasteiger partial charge in [0.15, 0.2) is 11.9 Å². The third-order valence-electron chi connectivity index (χ3n) is 7.36. The lowest BCUT2D eigenvalue weighted by Crippen LogP contribution is -2.47. The van der Waals surface area contributed by atoms with Gasteiger partial charge in [-0.15, -0.1) is 0 Å². The van der Waals surface area contributed by atoms with E-state index in [-0.39, 0.29) is 24.5 Å². The molecule has 3 N–H and O–H groups in total. The Hall–Kier alpha value is -3.49. The predicted octanol–water partition coefficient (Wildman–Crippen LogP) is 4.57. The van der Waals surface area contributed by atoms with Crippen molar-refractivity contribution < 1.29 is 27.6 Å². The summed E-state index contributed by atoms with van der Waals surface area (Å²) in [5.74, 6) is -4.20.